The molecular weight excluding hydrogens is 287 g/mol. The fraction of sp³-hybridized carbons (Fsp3) is 0.923. The topological polar surface area (TPSA) is 32.5 Å². The summed E-state index contributed by atoms with van der Waals surface area (Å²) in [5.41, 5.74) is 5.77. The van der Waals surface area contributed by atoms with Crippen LogP contribution in [-0.2, 0) is 0 Å². The second-order valence-electron chi connectivity index (χ2n) is 5.30. The second-order valence-corrected chi connectivity index (χ2v) is 5.77. The predicted octanol–water partition coefficient (Wildman–Crippen LogP) is 2.40. The summed E-state index contributed by atoms with van der Waals surface area (Å²) < 4.78 is 36.3. The van der Waals surface area contributed by atoms with Crippen molar-refractivity contribution in [3.05, 3.63) is 0 Å². The van der Waals surface area contributed by atoms with Crippen molar-refractivity contribution in [3.63, 3.8) is 0 Å². The lowest BCUT2D eigenvalue weighted by atomic mass is 10.1. The average Bonchev–Trinajstić information content (AvgIpc) is 2.35. The van der Waals surface area contributed by atoms with Crippen molar-refractivity contribution >= 4 is 17.2 Å². The van der Waals surface area contributed by atoms with Crippen molar-refractivity contribution in [1.82, 2.24) is 9.80 Å². The fourth-order valence-corrected chi connectivity index (χ4v) is 2.85. The van der Waals surface area contributed by atoms with Gasteiger partial charge in [-0.05, 0) is 19.4 Å². The van der Waals surface area contributed by atoms with E-state index in [1.54, 1.807) is 0 Å². The molecule has 1 aliphatic rings. The van der Waals surface area contributed by atoms with E-state index in [0.29, 0.717) is 11.5 Å². The number of rotatable bonds is 7. The van der Waals surface area contributed by atoms with Crippen LogP contribution in [0.25, 0.3) is 0 Å². The minimum absolute atomic E-state index is 0.132. The van der Waals surface area contributed by atoms with Crippen LogP contribution in [0.5, 0.6) is 0 Å². The number of piperazine rings is 1. The molecule has 0 spiro atoms. The summed E-state index contributed by atoms with van der Waals surface area (Å²) in [6, 6.07) is 0.132. The lowest BCUT2D eigenvalue weighted by molar-refractivity contribution is -0.136. The minimum Gasteiger partial charge on any atom is -0.392 e. The second kappa shape index (κ2) is 8.14. The van der Waals surface area contributed by atoms with Crippen molar-refractivity contribution in [2.45, 2.75) is 44.8 Å². The first-order valence-corrected chi connectivity index (χ1v) is 7.56. The molecule has 1 aliphatic heterocycles. The van der Waals surface area contributed by atoms with Gasteiger partial charge in [-0.3, -0.25) is 4.90 Å². The Morgan fingerprint density at radius 1 is 1.25 bits per heavy atom. The van der Waals surface area contributed by atoms with Crippen molar-refractivity contribution in [1.29, 1.82) is 0 Å². The van der Waals surface area contributed by atoms with Gasteiger partial charge in [0.15, 0.2) is 0 Å². The summed E-state index contributed by atoms with van der Waals surface area (Å²) in [5.74, 6) is 0. The zero-order valence-corrected chi connectivity index (χ0v) is 12.8. The molecule has 0 aromatic carbocycles. The van der Waals surface area contributed by atoms with Crippen molar-refractivity contribution in [3.8, 4) is 0 Å². The molecule has 1 fully saturated rings. The van der Waals surface area contributed by atoms with E-state index in [0.717, 1.165) is 39.0 Å². The first-order valence-electron chi connectivity index (χ1n) is 7.16. The Labute approximate surface area is 124 Å². The standard InChI is InChI=1S/C13H24F3N3S/c1-2-4-11(12(17)20)19-9-7-18(8-10-19)6-3-5-13(14,15)16/h11H,2-10H2,1H3,(H2,17,20). The van der Waals surface area contributed by atoms with Gasteiger partial charge < -0.3 is 10.6 Å². The van der Waals surface area contributed by atoms with Crippen molar-refractivity contribution < 1.29 is 13.2 Å². The Balaban J connectivity index is 2.30. The van der Waals surface area contributed by atoms with Crippen LogP contribution in [-0.4, -0.2) is 59.7 Å². The van der Waals surface area contributed by atoms with E-state index in [9.17, 15) is 13.2 Å². The molecule has 7 heteroatoms. The molecule has 3 nitrogen and oxygen atoms in total. The highest BCUT2D eigenvalue weighted by atomic mass is 32.1. The highest BCUT2D eigenvalue weighted by molar-refractivity contribution is 7.80. The molecule has 1 saturated heterocycles. The number of nitrogens with two attached hydrogens (primary N) is 1. The SMILES string of the molecule is CCCC(C(N)=S)N1CCN(CCCC(F)(F)F)CC1. The first kappa shape index (κ1) is 17.7. The lowest BCUT2D eigenvalue weighted by Gasteiger charge is -2.39. The Kier molecular flexibility index (Phi) is 7.19. The Hall–Kier alpha value is -0.400. The molecule has 0 aromatic rings. The third-order valence-electron chi connectivity index (χ3n) is 3.67. The van der Waals surface area contributed by atoms with Crippen LogP contribution in [0.4, 0.5) is 13.2 Å². The minimum atomic E-state index is -4.04. The van der Waals surface area contributed by atoms with Crippen molar-refractivity contribution in [2.75, 3.05) is 32.7 Å². The van der Waals surface area contributed by atoms with E-state index < -0.39 is 12.6 Å². The molecule has 118 valence electrons. The average molecular weight is 311 g/mol. The first-order chi connectivity index (χ1) is 9.33. The number of thiocarbonyl (C=S) groups is 1. The maximum atomic E-state index is 12.1. The van der Waals surface area contributed by atoms with Crippen LogP contribution in [0.2, 0.25) is 0 Å². The van der Waals surface area contributed by atoms with Crippen LogP contribution in [0.1, 0.15) is 32.6 Å². The molecule has 1 atom stereocenters. The smallest absolute Gasteiger partial charge is 0.389 e. The van der Waals surface area contributed by atoms with E-state index in [4.69, 9.17) is 18.0 Å². The Morgan fingerprint density at radius 3 is 2.30 bits per heavy atom. The van der Waals surface area contributed by atoms with E-state index in [2.05, 4.69) is 16.7 Å². The normalized spacial score (nSPS) is 20.0. The van der Waals surface area contributed by atoms with Gasteiger partial charge >= 0.3 is 6.18 Å². The number of hydrogen-bond donors (Lipinski definition) is 1. The zero-order chi connectivity index (χ0) is 15.2. The largest absolute Gasteiger partial charge is 0.392 e. The molecule has 0 amide bonds. The molecule has 1 heterocycles. The van der Waals surface area contributed by atoms with Crippen LogP contribution >= 0.6 is 12.2 Å². The maximum absolute atomic E-state index is 12.1. The summed E-state index contributed by atoms with van der Waals surface area (Å²) in [7, 11) is 0. The van der Waals surface area contributed by atoms with Gasteiger partial charge in [0.1, 0.15) is 0 Å². The van der Waals surface area contributed by atoms with Crippen molar-refractivity contribution in [2.24, 2.45) is 5.73 Å². The summed E-state index contributed by atoms with van der Waals surface area (Å²) in [6.07, 6.45) is -2.59. The predicted molar refractivity (Wildman–Crippen MR) is 78.8 cm³/mol. The van der Waals surface area contributed by atoms with Gasteiger partial charge in [0.05, 0.1) is 11.0 Å². The summed E-state index contributed by atoms with van der Waals surface area (Å²) in [6.45, 7) is 5.85. The highest BCUT2D eigenvalue weighted by Gasteiger charge is 2.28. The fourth-order valence-electron chi connectivity index (χ4n) is 2.58. The number of halogens is 3. The van der Waals surface area contributed by atoms with Gasteiger partial charge in [0, 0.05) is 32.6 Å². The number of nitrogens with zero attached hydrogens (tertiary/aromatic N) is 2. The molecule has 0 aromatic heterocycles. The van der Waals surface area contributed by atoms with E-state index in [1.165, 1.54) is 0 Å². The van der Waals surface area contributed by atoms with Gasteiger partial charge in [0.2, 0.25) is 0 Å². The molecule has 0 bridgehead atoms. The number of alkyl halides is 3. The molecule has 0 aliphatic carbocycles. The summed E-state index contributed by atoms with van der Waals surface area (Å²) in [4.78, 5) is 4.87. The van der Waals surface area contributed by atoms with Crippen LogP contribution in [0.15, 0.2) is 0 Å². The van der Waals surface area contributed by atoms with Gasteiger partial charge in [0.25, 0.3) is 0 Å². The van der Waals surface area contributed by atoms with E-state index in [1.807, 2.05) is 0 Å². The monoisotopic (exact) mass is 311 g/mol. The van der Waals surface area contributed by atoms with Gasteiger partial charge in [-0.1, -0.05) is 25.6 Å². The molecular formula is C13H24F3N3S. The maximum Gasteiger partial charge on any atom is 0.389 e. The lowest BCUT2D eigenvalue weighted by Crippen LogP contribution is -2.53. The molecule has 0 radical (unpaired) electrons. The molecule has 1 rings (SSSR count). The van der Waals surface area contributed by atoms with Crippen LogP contribution in [0, 0.1) is 0 Å². The molecule has 1 unspecified atom stereocenters. The number of hydrogen-bond acceptors (Lipinski definition) is 3. The molecule has 0 saturated carbocycles. The van der Waals surface area contributed by atoms with Gasteiger partial charge in [-0.15, -0.1) is 0 Å². The van der Waals surface area contributed by atoms with Gasteiger partial charge in [-0.2, -0.15) is 13.2 Å². The summed E-state index contributed by atoms with van der Waals surface area (Å²) in [5, 5.41) is 0. The van der Waals surface area contributed by atoms with Crippen LogP contribution < -0.4 is 5.73 Å². The quantitative estimate of drug-likeness (QED) is 0.732. The summed E-state index contributed by atoms with van der Waals surface area (Å²) >= 11 is 5.10. The molecule has 20 heavy (non-hydrogen) atoms. The van der Waals surface area contributed by atoms with Gasteiger partial charge in [-0.25, -0.2) is 0 Å². The third-order valence-corrected chi connectivity index (χ3v) is 3.94. The third kappa shape index (κ3) is 6.37. The van der Waals surface area contributed by atoms with E-state index in [-0.39, 0.29) is 12.5 Å². The van der Waals surface area contributed by atoms with Crippen LogP contribution in [0.3, 0.4) is 0 Å². The van der Waals surface area contributed by atoms with E-state index >= 15 is 0 Å². The zero-order valence-electron chi connectivity index (χ0n) is 12.0. The molecule has 2 N–H and O–H groups in total. The Bertz CT molecular complexity index is 302. The highest BCUT2D eigenvalue weighted by Crippen LogP contribution is 2.21. The Morgan fingerprint density at radius 2 is 1.85 bits per heavy atom.